The lowest BCUT2D eigenvalue weighted by atomic mass is 10.1. The van der Waals surface area contributed by atoms with Crippen LogP contribution in [-0.4, -0.2) is 25.7 Å². The largest absolute Gasteiger partial charge is 0.322 e. The molecular weight excluding hydrogens is 398 g/mol. The van der Waals surface area contributed by atoms with Crippen LogP contribution in [0.5, 0.6) is 0 Å². The van der Waals surface area contributed by atoms with Gasteiger partial charge in [-0.1, -0.05) is 42.5 Å². The third-order valence-corrected chi connectivity index (χ3v) is 6.86. The molecule has 0 fully saturated rings. The molecule has 1 atom stereocenters. The van der Waals surface area contributed by atoms with Crippen molar-refractivity contribution in [2.75, 3.05) is 12.4 Å². The number of carbonyl (C=O) groups is 1. The lowest BCUT2D eigenvalue weighted by Crippen LogP contribution is -2.30. The second-order valence-corrected chi connectivity index (χ2v) is 8.72. The molecule has 152 valence electrons. The van der Waals surface area contributed by atoms with Crippen LogP contribution in [0, 0.1) is 11.3 Å². The first-order chi connectivity index (χ1) is 14.3. The molecule has 1 N–H and O–H groups in total. The van der Waals surface area contributed by atoms with E-state index in [2.05, 4.69) is 5.32 Å². The highest BCUT2D eigenvalue weighted by atomic mass is 32.2. The van der Waals surface area contributed by atoms with Crippen LogP contribution < -0.4 is 5.32 Å². The Morgan fingerprint density at radius 2 is 1.67 bits per heavy atom. The molecule has 6 nitrogen and oxygen atoms in total. The average molecular weight is 420 g/mol. The lowest BCUT2D eigenvalue weighted by molar-refractivity contribution is 0.102. The number of nitriles is 1. The number of amides is 1. The smallest absolute Gasteiger partial charge is 0.255 e. The first-order valence-corrected chi connectivity index (χ1v) is 10.7. The summed E-state index contributed by atoms with van der Waals surface area (Å²) in [4.78, 5) is 12.4. The van der Waals surface area contributed by atoms with Crippen LogP contribution in [0.4, 0.5) is 5.69 Å². The number of anilines is 1. The second-order valence-electron chi connectivity index (χ2n) is 6.75. The number of hydrogen-bond donors (Lipinski definition) is 1. The maximum atomic E-state index is 13.1. The van der Waals surface area contributed by atoms with E-state index in [9.17, 15) is 18.5 Å². The minimum absolute atomic E-state index is 0.0321. The van der Waals surface area contributed by atoms with Crippen LogP contribution in [0.2, 0.25) is 0 Å². The summed E-state index contributed by atoms with van der Waals surface area (Å²) >= 11 is 0. The van der Waals surface area contributed by atoms with Gasteiger partial charge < -0.3 is 5.32 Å². The summed E-state index contributed by atoms with van der Waals surface area (Å²) in [6, 6.07) is 23.4. The van der Waals surface area contributed by atoms with Gasteiger partial charge >= 0.3 is 0 Å². The summed E-state index contributed by atoms with van der Waals surface area (Å²) in [6.07, 6.45) is 0. The van der Waals surface area contributed by atoms with Crippen molar-refractivity contribution in [3.63, 3.8) is 0 Å². The number of nitrogens with zero attached hydrogens (tertiary/aromatic N) is 2. The highest BCUT2D eigenvalue weighted by Gasteiger charge is 2.28. The number of sulfonamides is 1. The molecule has 3 aromatic rings. The van der Waals surface area contributed by atoms with Gasteiger partial charge in [-0.2, -0.15) is 9.57 Å². The predicted octanol–water partition coefficient (Wildman–Crippen LogP) is 4.19. The summed E-state index contributed by atoms with van der Waals surface area (Å²) in [5.41, 5.74) is 1.90. The quantitative estimate of drug-likeness (QED) is 0.649. The van der Waals surface area contributed by atoms with Crippen LogP contribution in [0.1, 0.15) is 34.5 Å². The molecule has 0 unspecified atom stereocenters. The van der Waals surface area contributed by atoms with E-state index < -0.39 is 16.1 Å². The second kappa shape index (κ2) is 8.91. The highest BCUT2D eigenvalue weighted by Crippen LogP contribution is 2.28. The topological polar surface area (TPSA) is 90.3 Å². The van der Waals surface area contributed by atoms with E-state index in [1.54, 1.807) is 67.6 Å². The monoisotopic (exact) mass is 419 g/mol. The third-order valence-electron chi connectivity index (χ3n) is 4.87. The summed E-state index contributed by atoms with van der Waals surface area (Å²) in [5, 5.41) is 12.1. The number of rotatable bonds is 6. The number of hydrogen-bond acceptors (Lipinski definition) is 4. The van der Waals surface area contributed by atoms with Gasteiger partial charge in [0.15, 0.2) is 0 Å². The first-order valence-electron chi connectivity index (χ1n) is 9.28. The predicted molar refractivity (Wildman–Crippen MR) is 115 cm³/mol. The van der Waals surface area contributed by atoms with Gasteiger partial charge in [-0.15, -0.1) is 0 Å². The van der Waals surface area contributed by atoms with E-state index >= 15 is 0 Å². The number of benzene rings is 3. The maximum Gasteiger partial charge on any atom is 0.255 e. The molecule has 30 heavy (non-hydrogen) atoms. The number of nitrogens with one attached hydrogen (secondary N) is 1. The van der Waals surface area contributed by atoms with Crippen molar-refractivity contribution < 1.29 is 13.2 Å². The highest BCUT2D eigenvalue weighted by molar-refractivity contribution is 7.89. The molecule has 0 aliphatic rings. The maximum absolute atomic E-state index is 13.1. The molecule has 1 amide bonds. The summed E-state index contributed by atoms with van der Waals surface area (Å²) in [5.74, 6) is -0.246. The minimum atomic E-state index is -3.88. The van der Waals surface area contributed by atoms with Gasteiger partial charge in [0.25, 0.3) is 5.91 Å². The Labute approximate surface area is 176 Å². The molecule has 0 aliphatic heterocycles. The minimum Gasteiger partial charge on any atom is -0.322 e. The first kappa shape index (κ1) is 21.2. The molecule has 0 radical (unpaired) electrons. The van der Waals surface area contributed by atoms with Crippen LogP contribution >= 0.6 is 0 Å². The van der Waals surface area contributed by atoms with Gasteiger partial charge in [-0.3, -0.25) is 4.79 Å². The molecule has 0 aromatic heterocycles. The Balaban J connectivity index is 1.85. The van der Waals surface area contributed by atoms with Crippen LogP contribution in [0.25, 0.3) is 0 Å². The fourth-order valence-corrected chi connectivity index (χ4v) is 4.52. The fraction of sp³-hybridized carbons (Fsp3) is 0.130. The van der Waals surface area contributed by atoms with E-state index in [-0.39, 0.29) is 16.4 Å². The van der Waals surface area contributed by atoms with Gasteiger partial charge in [0.1, 0.15) is 6.07 Å². The van der Waals surface area contributed by atoms with E-state index in [1.165, 1.54) is 23.5 Å². The molecule has 0 aliphatic carbocycles. The Morgan fingerprint density at radius 1 is 1.00 bits per heavy atom. The van der Waals surface area contributed by atoms with Gasteiger partial charge in [-0.25, -0.2) is 8.42 Å². The third kappa shape index (κ3) is 4.40. The van der Waals surface area contributed by atoms with Crippen molar-refractivity contribution in [3.8, 4) is 6.07 Å². The zero-order valence-electron chi connectivity index (χ0n) is 16.6. The Kier molecular flexibility index (Phi) is 6.31. The van der Waals surface area contributed by atoms with E-state index in [0.29, 0.717) is 16.8 Å². The fourth-order valence-electron chi connectivity index (χ4n) is 3.03. The molecule has 0 spiro atoms. The molecule has 0 bridgehead atoms. The zero-order chi connectivity index (χ0) is 21.7. The normalized spacial score (nSPS) is 12.2. The molecule has 3 rings (SSSR count). The molecule has 0 saturated carbocycles. The van der Waals surface area contributed by atoms with E-state index in [0.717, 1.165) is 0 Å². The van der Waals surface area contributed by atoms with Crippen LogP contribution in [0.15, 0.2) is 83.8 Å². The van der Waals surface area contributed by atoms with Crippen molar-refractivity contribution in [1.82, 2.24) is 4.31 Å². The molecule has 0 saturated heterocycles. The van der Waals surface area contributed by atoms with Gasteiger partial charge in [0.2, 0.25) is 10.0 Å². The van der Waals surface area contributed by atoms with Crippen molar-refractivity contribution >= 4 is 21.6 Å². The zero-order valence-corrected chi connectivity index (χ0v) is 17.4. The molecule has 3 aromatic carbocycles. The molecular formula is C23H21N3O3S. The van der Waals surface area contributed by atoms with E-state index in [1.807, 2.05) is 12.1 Å². The number of carbonyl (C=O) groups excluding carboxylic acids is 1. The van der Waals surface area contributed by atoms with Crippen molar-refractivity contribution in [3.05, 3.63) is 95.6 Å². The summed E-state index contributed by atoms with van der Waals surface area (Å²) in [6.45, 7) is 1.75. The molecule has 7 heteroatoms. The van der Waals surface area contributed by atoms with Gasteiger partial charge in [0, 0.05) is 24.3 Å². The van der Waals surface area contributed by atoms with Crippen molar-refractivity contribution in [2.24, 2.45) is 0 Å². The summed E-state index contributed by atoms with van der Waals surface area (Å²) in [7, 11) is -2.41. The van der Waals surface area contributed by atoms with E-state index in [4.69, 9.17) is 0 Å². The average Bonchev–Trinajstić information content (AvgIpc) is 2.78. The molecule has 0 heterocycles. The standard InChI is InChI=1S/C23H21N3O3S/c1-17(26(2)30(28,29)22-14-7-6-11-20(22)16-24)19-12-8-13-21(15-19)25-23(27)18-9-4-3-5-10-18/h3-15,17H,1-2H3,(H,25,27)/t17-/m1/s1. The Morgan fingerprint density at radius 3 is 2.37 bits per heavy atom. The lowest BCUT2D eigenvalue weighted by Gasteiger charge is -2.25. The van der Waals surface area contributed by atoms with Gasteiger partial charge in [0.05, 0.1) is 10.5 Å². The van der Waals surface area contributed by atoms with Gasteiger partial charge in [-0.05, 0) is 48.9 Å². The van der Waals surface area contributed by atoms with Crippen molar-refractivity contribution in [1.29, 1.82) is 5.26 Å². The summed E-state index contributed by atoms with van der Waals surface area (Å²) < 4.78 is 27.4. The Hall–Kier alpha value is -3.47. The Bertz CT molecular complexity index is 1200. The SMILES string of the molecule is C[C@H](c1cccc(NC(=O)c2ccccc2)c1)N(C)S(=O)(=O)c1ccccc1C#N. The van der Waals surface area contributed by atoms with Crippen molar-refractivity contribution in [2.45, 2.75) is 17.9 Å². The van der Waals surface area contributed by atoms with Crippen LogP contribution in [0.3, 0.4) is 0 Å². The van der Waals surface area contributed by atoms with Crippen LogP contribution in [-0.2, 0) is 10.0 Å².